The summed E-state index contributed by atoms with van der Waals surface area (Å²) in [5, 5.41) is 3.33. The summed E-state index contributed by atoms with van der Waals surface area (Å²) in [6, 6.07) is 8.42. The molecular formula is C17H29N3O. The minimum absolute atomic E-state index is 0.774. The molecule has 0 radical (unpaired) electrons. The van der Waals surface area contributed by atoms with Gasteiger partial charge in [-0.05, 0) is 50.8 Å². The molecule has 4 heteroatoms. The van der Waals surface area contributed by atoms with Crippen LogP contribution in [0.5, 0.6) is 5.75 Å². The molecule has 0 bridgehead atoms. The van der Waals surface area contributed by atoms with Crippen molar-refractivity contribution in [1.29, 1.82) is 0 Å². The molecule has 1 N–H and O–H groups in total. The van der Waals surface area contributed by atoms with E-state index in [2.05, 4.69) is 53.4 Å². The Morgan fingerprint density at radius 2 is 1.90 bits per heavy atom. The number of likely N-dealkylation sites (N-methyl/N-ethyl adjacent to an activating group) is 1. The molecule has 0 unspecified atom stereocenters. The Labute approximate surface area is 129 Å². The van der Waals surface area contributed by atoms with Crippen molar-refractivity contribution >= 4 is 0 Å². The normalized spacial score (nSPS) is 17.6. The summed E-state index contributed by atoms with van der Waals surface area (Å²) in [5.41, 5.74) is 1.31. The van der Waals surface area contributed by atoms with Gasteiger partial charge in [0.25, 0.3) is 0 Å². The number of nitrogens with one attached hydrogen (secondary N) is 1. The Morgan fingerprint density at radius 1 is 1.10 bits per heavy atom. The molecule has 0 amide bonds. The molecule has 118 valence electrons. The predicted molar refractivity (Wildman–Crippen MR) is 87.9 cm³/mol. The molecule has 4 nitrogen and oxygen atoms in total. The molecule has 0 aromatic heterocycles. The van der Waals surface area contributed by atoms with Gasteiger partial charge in [0.15, 0.2) is 0 Å². The molecule has 0 saturated carbocycles. The van der Waals surface area contributed by atoms with Crippen LogP contribution in [0, 0.1) is 0 Å². The fraction of sp³-hybridized carbons (Fsp3) is 0.647. The minimum Gasteiger partial charge on any atom is -0.492 e. The Hall–Kier alpha value is -1.10. The Morgan fingerprint density at radius 3 is 2.67 bits per heavy atom. The summed E-state index contributed by atoms with van der Waals surface area (Å²) in [4.78, 5) is 4.91. The second-order valence-electron chi connectivity index (χ2n) is 5.77. The second-order valence-corrected chi connectivity index (χ2v) is 5.77. The third-order valence-electron chi connectivity index (χ3n) is 3.99. The van der Waals surface area contributed by atoms with Gasteiger partial charge in [-0.1, -0.05) is 19.1 Å². The molecule has 0 atom stereocenters. The molecule has 0 spiro atoms. The Balaban J connectivity index is 1.68. The van der Waals surface area contributed by atoms with Gasteiger partial charge in [-0.2, -0.15) is 0 Å². The molecule has 1 aliphatic heterocycles. The summed E-state index contributed by atoms with van der Waals surface area (Å²) in [6.07, 6.45) is 1.26. The summed E-state index contributed by atoms with van der Waals surface area (Å²) in [7, 11) is 2.20. The fourth-order valence-corrected chi connectivity index (χ4v) is 2.59. The summed E-state index contributed by atoms with van der Waals surface area (Å²) in [5.74, 6) is 0.974. The van der Waals surface area contributed by atoms with Crippen molar-refractivity contribution in [3.63, 3.8) is 0 Å². The van der Waals surface area contributed by atoms with Gasteiger partial charge >= 0.3 is 0 Å². The van der Waals surface area contributed by atoms with Crippen molar-refractivity contribution in [2.24, 2.45) is 0 Å². The van der Waals surface area contributed by atoms with E-state index >= 15 is 0 Å². The number of ether oxygens (including phenoxy) is 1. The van der Waals surface area contributed by atoms with Crippen LogP contribution in [0.25, 0.3) is 0 Å². The number of hydrogen-bond acceptors (Lipinski definition) is 4. The average molecular weight is 291 g/mol. The molecule has 1 aromatic rings. The Bertz CT molecular complexity index is 394. The van der Waals surface area contributed by atoms with Gasteiger partial charge in [-0.15, -0.1) is 0 Å². The van der Waals surface area contributed by atoms with E-state index in [0.717, 1.165) is 38.5 Å². The van der Waals surface area contributed by atoms with Gasteiger partial charge < -0.3 is 15.0 Å². The van der Waals surface area contributed by atoms with Crippen molar-refractivity contribution in [2.75, 3.05) is 52.9 Å². The maximum atomic E-state index is 5.86. The zero-order chi connectivity index (χ0) is 14.9. The van der Waals surface area contributed by atoms with E-state index in [1.54, 1.807) is 0 Å². The standard InChI is InChI=1S/C17H29N3O/c1-3-18-15-16-5-7-17(8-6-16)21-14-13-20-10-4-9-19(2)11-12-20/h5-8,18H,3-4,9-15H2,1-2H3. The van der Waals surface area contributed by atoms with Crippen LogP contribution in [-0.2, 0) is 6.54 Å². The van der Waals surface area contributed by atoms with Gasteiger partial charge in [0.05, 0.1) is 0 Å². The van der Waals surface area contributed by atoms with Gasteiger partial charge in [0.2, 0.25) is 0 Å². The third-order valence-corrected chi connectivity index (χ3v) is 3.99. The van der Waals surface area contributed by atoms with Crippen molar-refractivity contribution in [2.45, 2.75) is 19.9 Å². The SMILES string of the molecule is CCNCc1ccc(OCCN2CCCN(C)CC2)cc1. The van der Waals surface area contributed by atoms with Gasteiger partial charge in [0.1, 0.15) is 12.4 Å². The first kappa shape index (κ1) is 16.3. The van der Waals surface area contributed by atoms with Crippen LogP contribution in [0.3, 0.4) is 0 Å². The number of rotatable bonds is 7. The third kappa shape index (κ3) is 6.04. The van der Waals surface area contributed by atoms with Crippen LogP contribution < -0.4 is 10.1 Å². The molecule has 0 aliphatic carbocycles. The van der Waals surface area contributed by atoms with Crippen molar-refractivity contribution in [1.82, 2.24) is 15.1 Å². The first-order valence-corrected chi connectivity index (χ1v) is 8.11. The van der Waals surface area contributed by atoms with E-state index in [-0.39, 0.29) is 0 Å². The average Bonchev–Trinajstić information content (AvgIpc) is 2.71. The molecule has 1 aliphatic rings. The topological polar surface area (TPSA) is 27.7 Å². The number of benzene rings is 1. The molecule has 1 fully saturated rings. The first-order chi connectivity index (χ1) is 10.3. The van der Waals surface area contributed by atoms with E-state index in [1.165, 1.54) is 31.6 Å². The van der Waals surface area contributed by atoms with Crippen LogP contribution in [0.15, 0.2) is 24.3 Å². The summed E-state index contributed by atoms with van der Waals surface area (Å²) in [6.45, 7) is 10.6. The van der Waals surface area contributed by atoms with Gasteiger partial charge in [-0.25, -0.2) is 0 Å². The molecule has 21 heavy (non-hydrogen) atoms. The van der Waals surface area contributed by atoms with E-state index < -0.39 is 0 Å². The highest BCUT2D eigenvalue weighted by Gasteiger charge is 2.11. The summed E-state index contributed by atoms with van der Waals surface area (Å²) < 4.78 is 5.86. The van der Waals surface area contributed by atoms with E-state index in [4.69, 9.17) is 4.74 Å². The first-order valence-electron chi connectivity index (χ1n) is 8.11. The number of hydrogen-bond donors (Lipinski definition) is 1. The van der Waals surface area contributed by atoms with E-state index in [9.17, 15) is 0 Å². The predicted octanol–water partition coefficient (Wildman–Crippen LogP) is 1.81. The maximum absolute atomic E-state index is 5.86. The smallest absolute Gasteiger partial charge is 0.119 e. The monoisotopic (exact) mass is 291 g/mol. The van der Waals surface area contributed by atoms with Crippen LogP contribution in [0.2, 0.25) is 0 Å². The molecule has 1 aromatic carbocycles. The molecular weight excluding hydrogens is 262 g/mol. The van der Waals surface area contributed by atoms with Crippen LogP contribution >= 0.6 is 0 Å². The molecule has 2 rings (SSSR count). The highest BCUT2D eigenvalue weighted by Crippen LogP contribution is 2.12. The lowest BCUT2D eigenvalue weighted by Gasteiger charge is -2.20. The van der Waals surface area contributed by atoms with Gasteiger partial charge in [0, 0.05) is 26.2 Å². The highest BCUT2D eigenvalue weighted by molar-refractivity contribution is 5.27. The fourth-order valence-electron chi connectivity index (χ4n) is 2.59. The summed E-state index contributed by atoms with van der Waals surface area (Å²) >= 11 is 0. The zero-order valence-corrected chi connectivity index (χ0v) is 13.5. The van der Waals surface area contributed by atoms with E-state index in [1.807, 2.05) is 0 Å². The van der Waals surface area contributed by atoms with Crippen molar-refractivity contribution in [3.05, 3.63) is 29.8 Å². The quantitative estimate of drug-likeness (QED) is 0.829. The second kappa shape index (κ2) is 9.03. The van der Waals surface area contributed by atoms with Crippen LogP contribution in [0.1, 0.15) is 18.9 Å². The maximum Gasteiger partial charge on any atom is 0.119 e. The largest absolute Gasteiger partial charge is 0.492 e. The highest BCUT2D eigenvalue weighted by atomic mass is 16.5. The lowest BCUT2D eigenvalue weighted by molar-refractivity contribution is 0.212. The minimum atomic E-state index is 0.774. The van der Waals surface area contributed by atoms with Gasteiger partial charge in [-0.3, -0.25) is 4.90 Å². The van der Waals surface area contributed by atoms with Crippen LogP contribution in [0.4, 0.5) is 0 Å². The van der Waals surface area contributed by atoms with Crippen LogP contribution in [-0.4, -0.2) is 62.7 Å². The lowest BCUT2D eigenvalue weighted by Crippen LogP contribution is -2.32. The van der Waals surface area contributed by atoms with E-state index in [0.29, 0.717) is 0 Å². The molecule has 1 saturated heterocycles. The van der Waals surface area contributed by atoms with Crippen molar-refractivity contribution in [3.8, 4) is 5.75 Å². The molecule has 1 heterocycles. The van der Waals surface area contributed by atoms with Crippen molar-refractivity contribution < 1.29 is 4.74 Å². The number of nitrogens with zero attached hydrogens (tertiary/aromatic N) is 2. The zero-order valence-electron chi connectivity index (χ0n) is 13.5. The Kier molecular flexibility index (Phi) is 7.00. The lowest BCUT2D eigenvalue weighted by atomic mass is 10.2.